The van der Waals surface area contributed by atoms with E-state index < -0.39 is 12.1 Å². The Labute approximate surface area is 99.2 Å². The number of hydrogen-bond donors (Lipinski definition) is 2. The number of aliphatic hydroxyl groups is 1. The van der Waals surface area contributed by atoms with E-state index in [0.717, 1.165) is 16.5 Å². The van der Waals surface area contributed by atoms with Crippen LogP contribution in [0.15, 0.2) is 30.5 Å². The molecule has 2 N–H and O–H groups in total. The van der Waals surface area contributed by atoms with Crippen LogP contribution in [-0.2, 0) is 9.53 Å². The zero-order valence-electron chi connectivity index (χ0n) is 9.81. The third-order valence-corrected chi connectivity index (χ3v) is 3.03. The molecule has 0 amide bonds. The zero-order valence-corrected chi connectivity index (χ0v) is 9.81. The summed E-state index contributed by atoms with van der Waals surface area (Å²) in [6, 6.07) is 7.78. The second kappa shape index (κ2) is 4.59. The molecule has 0 unspecified atom stereocenters. The largest absolute Gasteiger partial charge is 0.467 e. The van der Waals surface area contributed by atoms with Crippen LogP contribution in [0.1, 0.15) is 18.4 Å². The first-order valence-corrected chi connectivity index (χ1v) is 5.47. The maximum absolute atomic E-state index is 11.3. The minimum absolute atomic E-state index is 0.307. The number of esters is 1. The highest BCUT2D eigenvalue weighted by atomic mass is 16.5. The standard InChI is InChI=1S/C13H15NO3/c1-8(12(15)13(16)17-2)10-7-14-11-6-4-3-5-9(10)11/h3-8,12,14-15H,1-2H3/t8-,12+/m0/s1. The number of ether oxygens (including phenoxy) is 1. The molecule has 1 heterocycles. The van der Waals surface area contributed by atoms with E-state index >= 15 is 0 Å². The predicted octanol–water partition coefficient (Wildman–Crippen LogP) is 1.81. The Balaban J connectivity index is 2.36. The van der Waals surface area contributed by atoms with E-state index in [9.17, 15) is 9.90 Å². The molecule has 0 radical (unpaired) electrons. The number of aromatic nitrogens is 1. The third-order valence-electron chi connectivity index (χ3n) is 3.03. The fourth-order valence-electron chi connectivity index (χ4n) is 1.97. The lowest BCUT2D eigenvalue weighted by atomic mass is 9.95. The summed E-state index contributed by atoms with van der Waals surface area (Å²) < 4.78 is 4.54. The number of benzene rings is 1. The van der Waals surface area contributed by atoms with Gasteiger partial charge in [0.2, 0.25) is 0 Å². The second-order valence-electron chi connectivity index (χ2n) is 4.05. The number of nitrogens with one attached hydrogen (secondary N) is 1. The molecule has 2 rings (SSSR count). The highest BCUT2D eigenvalue weighted by Gasteiger charge is 2.26. The van der Waals surface area contributed by atoms with E-state index in [0.29, 0.717) is 0 Å². The molecule has 0 aliphatic rings. The van der Waals surface area contributed by atoms with Gasteiger partial charge in [0, 0.05) is 23.0 Å². The van der Waals surface area contributed by atoms with E-state index in [1.807, 2.05) is 30.5 Å². The third kappa shape index (κ3) is 2.03. The quantitative estimate of drug-likeness (QED) is 0.795. The minimum Gasteiger partial charge on any atom is -0.467 e. The average Bonchev–Trinajstić information content (AvgIpc) is 2.79. The molecular weight excluding hydrogens is 218 g/mol. The van der Waals surface area contributed by atoms with Crippen molar-refractivity contribution < 1.29 is 14.6 Å². The maximum atomic E-state index is 11.3. The average molecular weight is 233 g/mol. The van der Waals surface area contributed by atoms with Gasteiger partial charge in [-0.25, -0.2) is 4.79 Å². The molecule has 0 aliphatic heterocycles. The van der Waals surface area contributed by atoms with Gasteiger partial charge < -0.3 is 14.8 Å². The summed E-state index contributed by atoms with van der Waals surface area (Å²) in [4.78, 5) is 14.4. The number of aromatic amines is 1. The van der Waals surface area contributed by atoms with E-state index in [1.54, 1.807) is 6.92 Å². The second-order valence-corrected chi connectivity index (χ2v) is 4.05. The number of fused-ring (bicyclic) bond motifs is 1. The fraction of sp³-hybridized carbons (Fsp3) is 0.308. The molecule has 90 valence electrons. The van der Waals surface area contributed by atoms with Crippen LogP contribution in [0.5, 0.6) is 0 Å². The smallest absolute Gasteiger partial charge is 0.335 e. The molecule has 2 atom stereocenters. The molecule has 0 bridgehead atoms. The van der Waals surface area contributed by atoms with Gasteiger partial charge >= 0.3 is 5.97 Å². The summed E-state index contributed by atoms with van der Waals surface area (Å²) in [6.45, 7) is 1.80. The number of carbonyl (C=O) groups excluding carboxylic acids is 1. The molecule has 4 nitrogen and oxygen atoms in total. The Bertz CT molecular complexity index is 532. The van der Waals surface area contributed by atoms with Crippen LogP contribution >= 0.6 is 0 Å². The lowest BCUT2D eigenvalue weighted by Gasteiger charge is -2.16. The molecule has 1 aromatic carbocycles. The van der Waals surface area contributed by atoms with Crippen LogP contribution in [0.4, 0.5) is 0 Å². The fourth-order valence-corrected chi connectivity index (χ4v) is 1.97. The highest BCUT2D eigenvalue weighted by molar-refractivity contribution is 5.85. The summed E-state index contributed by atoms with van der Waals surface area (Å²) in [5.74, 6) is -0.915. The summed E-state index contributed by atoms with van der Waals surface area (Å²) in [6.07, 6.45) is 0.681. The molecule has 2 aromatic rings. The Morgan fingerprint density at radius 3 is 2.82 bits per heavy atom. The number of hydrogen-bond acceptors (Lipinski definition) is 3. The van der Waals surface area contributed by atoms with Crippen LogP contribution in [0.25, 0.3) is 10.9 Å². The molecule has 0 spiro atoms. The summed E-state index contributed by atoms with van der Waals surface area (Å²) in [5.41, 5.74) is 1.91. The van der Waals surface area contributed by atoms with Gasteiger partial charge in [-0.05, 0) is 11.6 Å². The normalized spacial score (nSPS) is 14.5. The first-order valence-electron chi connectivity index (χ1n) is 5.47. The summed E-state index contributed by atoms with van der Waals surface area (Å²) in [5, 5.41) is 10.8. The molecule has 17 heavy (non-hydrogen) atoms. The van der Waals surface area contributed by atoms with Crippen molar-refractivity contribution in [2.24, 2.45) is 0 Å². The Morgan fingerprint density at radius 1 is 1.41 bits per heavy atom. The zero-order chi connectivity index (χ0) is 12.4. The van der Waals surface area contributed by atoms with Crippen molar-refractivity contribution in [3.63, 3.8) is 0 Å². The Morgan fingerprint density at radius 2 is 2.12 bits per heavy atom. The lowest BCUT2D eigenvalue weighted by Crippen LogP contribution is -2.27. The molecule has 0 saturated heterocycles. The van der Waals surface area contributed by atoms with E-state index in [1.165, 1.54) is 7.11 Å². The van der Waals surface area contributed by atoms with Gasteiger partial charge in [0.15, 0.2) is 6.10 Å². The summed E-state index contributed by atoms with van der Waals surface area (Å²) >= 11 is 0. The number of methoxy groups -OCH3 is 1. The Hall–Kier alpha value is -1.81. The van der Waals surface area contributed by atoms with Crippen molar-refractivity contribution >= 4 is 16.9 Å². The van der Waals surface area contributed by atoms with Gasteiger partial charge in [0.1, 0.15) is 0 Å². The first kappa shape index (κ1) is 11.7. The molecular formula is C13H15NO3. The monoisotopic (exact) mass is 233 g/mol. The van der Waals surface area contributed by atoms with Crippen molar-refractivity contribution in [1.82, 2.24) is 4.98 Å². The van der Waals surface area contributed by atoms with Crippen LogP contribution in [-0.4, -0.2) is 29.3 Å². The van der Waals surface area contributed by atoms with E-state index in [-0.39, 0.29) is 5.92 Å². The number of para-hydroxylation sites is 1. The topological polar surface area (TPSA) is 62.3 Å². The predicted molar refractivity (Wildman–Crippen MR) is 64.7 cm³/mol. The van der Waals surface area contributed by atoms with Gasteiger partial charge in [-0.15, -0.1) is 0 Å². The van der Waals surface area contributed by atoms with Gasteiger partial charge in [-0.3, -0.25) is 0 Å². The van der Waals surface area contributed by atoms with Crippen molar-refractivity contribution in [1.29, 1.82) is 0 Å². The lowest BCUT2D eigenvalue weighted by molar-refractivity contribution is -0.151. The van der Waals surface area contributed by atoms with Gasteiger partial charge in [-0.1, -0.05) is 25.1 Å². The number of carbonyl (C=O) groups is 1. The summed E-state index contributed by atoms with van der Waals surface area (Å²) in [7, 11) is 1.27. The van der Waals surface area contributed by atoms with Crippen molar-refractivity contribution in [2.75, 3.05) is 7.11 Å². The molecule has 0 saturated carbocycles. The van der Waals surface area contributed by atoms with Crippen LogP contribution in [0.2, 0.25) is 0 Å². The van der Waals surface area contributed by atoms with Crippen molar-refractivity contribution in [3.05, 3.63) is 36.0 Å². The van der Waals surface area contributed by atoms with Gasteiger partial charge in [-0.2, -0.15) is 0 Å². The van der Waals surface area contributed by atoms with Gasteiger partial charge in [0.05, 0.1) is 7.11 Å². The molecule has 1 aromatic heterocycles. The van der Waals surface area contributed by atoms with Crippen LogP contribution in [0, 0.1) is 0 Å². The van der Waals surface area contributed by atoms with Gasteiger partial charge in [0.25, 0.3) is 0 Å². The molecule has 0 aliphatic carbocycles. The number of rotatable bonds is 3. The van der Waals surface area contributed by atoms with Crippen LogP contribution in [0.3, 0.4) is 0 Å². The number of aliphatic hydroxyl groups excluding tert-OH is 1. The van der Waals surface area contributed by atoms with E-state index in [4.69, 9.17) is 0 Å². The van der Waals surface area contributed by atoms with Crippen molar-refractivity contribution in [2.45, 2.75) is 18.9 Å². The molecule has 0 fully saturated rings. The highest BCUT2D eigenvalue weighted by Crippen LogP contribution is 2.27. The first-order chi connectivity index (χ1) is 8.15. The number of H-pyrrole nitrogens is 1. The van der Waals surface area contributed by atoms with Crippen LogP contribution < -0.4 is 0 Å². The van der Waals surface area contributed by atoms with Crippen molar-refractivity contribution in [3.8, 4) is 0 Å². The van der Waals surface area contributed by atoms with E-state index in [2.05, 4.69) is 9.72 Å². The minimum atomic E-state index is -1.14. The SMILES string of the molecule is COC(=O)[C@H](O)[C@@H](C)c1c[nH]c2ccccc12. The Kier molecular flexibility index (Phi) is 3.15. The maximum Gasteiger partial charge on any atom is 0.335 e. The molecule has 4 heteroatoms.